The number of pyridine rings is 1. The summed E-state index contributed by atoms with van der Waals surface area (Å²) in [5, 5.41) is 9.54. The maximum absolute atomic E-state index is 11.3. The minimum absolute atomic E-state index is 0.0126. The van der Waals surface area contributed by atoms with Crippen molar-refractivity contribution in [2.24, 2.45) is 5.41 Å². The summed E-state index contributed by atoms with van der Waals surface area (Å²) in [6.07, 6.45) is 2.44. The number of aromatic carboxylic acids is 1. The molecule has 2 rings (SSSR count). The number of carbonyl (C=O) groups excluding carboxylic acids is 1. The molecule has 0 atom stereocenters. The van der Waals surface area contributed by atoms with Gasteiger partial charge in [-0.3, -0.25) is 4.79 Å². The molecule has 0 amide bonds. The van der Waals surface area contributed by atoms with Crippen LogP contribution in [0.15, 0.2) is 23.2 Å². The van der Waals surface area contributed by atoms with Crippen molar-refractivity contribution in [2.45, 2.75) is 24.3 Å². The summed E-state index contributed by atoms with van der Waals surface area (Å²) in [6, 6.07) is 4.93. The van der Waals surface area contributed by atoms with Gasteiger partial charge in [0.05, 0.1) is 18.6 Å². The SMILES string of the molecule is COC(=O)CC1(CSc2cccc(C(=O)O)n2)CC1. The van der Waals surface area contributed by atoms with Crippen molar-refractivity contribution >= 4 is 23.7 Å². The van der Waals surface area contributed by atoms with Crippen LogP contribution in [0.2, 0.25) is 0 Å². The molecule has 0 unspecified atom stereocenters. The van der Waals surface area contributed by atoms with Crippen LogP contribution in [0.25, 0.3) is 0 Å². The Morgan fingerprint density at radius 1 is 1.47 bits per heavy atom. The van der Waals surface area contributed by atoms with Crippen LogP contribution in [0.5, 0.6) is 0 Å². The Morgan fingerprint density at radius 2 is 2.21 bits per heavy atom. The lowest BCUT2D eigenvalue weighted by Gasteiger charge is -2.12. The van der Waals surface area contributed by atoms with E-state index in [9.17, 15) is 9.59 Å². The second-order valence-corrected chi connectivity index (χ2v) is 5.70. The van der Waals surface area contributed by atoms with Gasteiger partial charge in [-0.05, 0) is 30.4 Å². The standard InChI is InChI=1S/C13H15NO4S/c1-18-11(15)7-13(5-6-13)8-19-10-4-2-3-9(14-10)12(16)17/h2-4H,5-8H2,1H3,(H,16,17). The number of carbonyl (C=O) groups is 2. The highest BCUT2D eigenvalue weighted by molar-refractivity contribution is 7.99. The second kappa shape index (κ2) is 5.61. The molecule has 6 heteroatoms. The van der Waals surface area contributed by atoms with Gasteiger partial charge in [0.25, 0.3) is 0 Å². The highest BCUT2D eigenvalue weighted by Gasteiger charge is 2.44. The normalized spacial score (nSPS) is 15.8. The molecule has 1 aromatic rings. The first-order chi connectivity index (χ1) is 9.04. The van der Waals surface area contributed by atoms with Crippen molar-refractivity contribution in [3.63, 3.8) is 0 Å². The Balaban J connectivity index is 1.94. The van der Waals surface area contributed by atoms with Gasteiger partial charge in [-0.25, -0.2) is 9.78 Å². The summed E-state index contributed by atoms with van der Waals surface area (Å²) < 4.78 is 4.69. The van der Waals surface area contributed by atoms with Gasteiger partial charge in [-0.15, -0.1) is 11.8 Å². The molecule has 102 valence electrons. The molecule has 1 fully saturated rings. The highest BCUT2D eigenvalue weighted by Crippen LogP contribution is 2.51. The highest BCUT2D eigenvalue weighted by atomic mass is 32.2. The largest absolute Gasteiger partial charge is 0.477 e. The lowest BCUT2D eigenvalue weighted by molar-refractivity contribution is -0.141. The van der Waals surface area contributed by atoms with Gasteiger partial charge >= 0.3 is 11.9 Å². The van der Waals surface area contributed by atoms with Crippen molar-refractivity contribution in [3.05, 3.63) is 23.9 Å². The Hall–Kier alpha value is -1.56. The molecule has 1 aromatic heterocycles. The molecule has 1 saturated carbocycles. The second-order valence-electron chi connectivity index (χ2n) is 4.71. The first kappa shape index (κ1) is 13.9. The zero-order valence-electron chi connectivity index (χ0n) is 10.6. The summed E-state index contributed by atoms with van der Waals surface area (Å²) in [5.74, 6) is -0.457. The van der Waals surface area contributed by atoms with Crippen LogP contribution in [0.4, 0.5) is 0 Å². The number of esters is 1. The fourth-order valence-electron chi connectivity index (χ4n) is 1.77. The van der Waals surface area contributed by atoms with Crippen LogP contribution in [-0.2, 0) is 9.53 Å². The Kier molecular flexibility index (Phi) is 4.09. The first-order valence-electron chi connectivity index (χ1n) is 5.95. The fourth-order valence-corrected chi connectivity index (χ4v) is 2.95. The molecular formula is C13H15NO4S. The van der Waals surface area contributed by atoms with E-state index in [1.54, 1.807) is 12.1 Å². The van der Waals surface area contributed by atoms with E-state index in [4.69, 9.17) is 5.11 Å². The quantitative estimate of drug-likeness (QED) is 0.636. The average Bonchev–Trinajstić information content (AvgIpc) is 3.17. The zero-order valence-corrected chi connectivity index (χ0v) is 11.4. The molecule has 5 nitrogen and oxygen atoms in total. The monoisotopic (exact) mass is 281 g/mol. The van der Waals surface area contributed by atoms with Crippen molar-refractivity contribution < 1.29 is 19.4 Å². The third-order valence-corrected chi connectivity index (χ3v) is 4.45. The predicted molar refractivity (Wildman–Crippen MR) is 70.2 cm³/mol. The van der Waals surface area contributed by atoms with Gasteiger partial charge in [-0.2, -0.15) is 0 Å². The molecule has 19 heavy (non-hydrogen) atoms. The van der Waals surface area contributed by atoms with E-state index < -0.39 is 5.97 Å². The van der Waals surface area contributed by atoms with Gasteiger partial charge in [0.1, 0.15) is 5.69 Å². The van der Waals surface area contributed by atoms with E-state index in [0.717, 1.165) is 18.6 Å². The van der Waals surface area contributed by atoms with E-state index >= 15 is 0 Å². The smallest absolute Gasteiger partial charge is 0.354 e. The first-order valence-corrected chi connectivity index (χ1v) is 6.93. The molecule has 0 saturated heterocycles. The van der Waals surface area contributed by atoms with E-state index in [2.05, 4.69) is 9.72 Å². The van der Waals surface area contributed by atoms with Crippen LogP contribution in [0.3, 0.4) is 0 Å². The van der Waals surface area contributed by atoms with Gasteiger partial charge < -0.3 is 9.84 Å². The van der Waals surface area contributed by atoms with E-state index in [0.29, 0.717) is 11.4 Å². The number of carboxylic acid groups (broad SMARTS) is 1. The molecular weight excluding hydrogens is 266 g/mol. The number of thioether (sulfide) groups is 1. The summed E-state index contributed by atoms with van der Waals surface area (Å²) in [6.45, 7) is 0. The number of ether oxygens (including phenoxy) is 1. The number of nitrogens with zero attached hydrogens (tertiary/aromatic N) is 1. The minimum atomic E-state index is -1.03. The lowest BCUT2D eigenvalue weighted by atomic mass is 10.1. The van der Waals surface area contributed by atoms with Crippen LogP contribution in [-0.4, -0.2) is 34.9 Å². The number of rotatable bonds is 6. The third kappa shape index (κ3) is 3.70. The number of hydrogen-bond donors (Lipinski definition) is 1. The molecule has 1 N–H and O–H groups in total. The molecule has 1 heterocycles. The number of carboxylic acids is 1. The third-order valence-electron chi connectivity index (χ3n) is 3.17. The Labute approximate surface area is 115 Å². The van der Waals surface area contributed by atoms with Crippen LogP contribution >= 0.6 is 11.8 Å². The summed E-state index contributed by atoms with van der Waals surface area (Å²) in [4.78, 5) is 26.2. The van der Waals surface area contributed by atoms with Crippen molar-refractivity contribution in [2.75, 3.05) is 12.9 Å². The Morgan fingerprint density at radius 3 is 2.79 bits per heavy atom. The summed E-state index contributed by atoms with van der Waals surface area (Å²) >= 11 is 1.49. The van der Waals surface area contributed by atoms with E-state index in [-0.39, 0.29) is 17.1 Å². The Bertz CT molecular complexity index is 499. The number of aromatic nitrogens is 1. The van der Waals surface area contributed by atoms with Crippen molar-refractivity contribution in [1.82, 2.24) is 4.98 Å². The van der Waals surface area contributed by atoms with Gasteiger partial charge in [0.15, 0.2) is 0 Å². The van der Waals surface area contributed by atoms with Crippen LogP contribution in [0, 0.1) is 5.41 Å². The molecule has 0 radical (unpaired) electrons. The van der Waals surface area contributed by atoms with Crippen LogP contribution < -0.4 is 0 Å². The molecule has 0 aliphatic heterocycles. The lowest BCUT2D eigenvalue weighted by Crippen LogP contribution is -2.13. The molecule has 1 aliphatic carbocycles. The maximum atomic E-state index is 11.3. The van der Waals surface area contributed by atoms with E-state index in [1.165, 1.54) is 24.9 Å². The van der Waals surface area contributed by atoms with E-state index in [1.807, 2.05) is 0 Å². The molecule has 0 aromatic carbocycles. The van der Waals surface area contributed by atoms with Gasteiger partial charge in [-0.1, -0.05) is 6.07 Å². The average molecular weight is 281 g/mol. The molecule has 1 aliphatic rings. The topological polar surface area (TPSA) is 76.5 Å². The zero-order chi connectivity index (χ0) is 13.9. The minimum Gasteiger partial charge on any atom is -0.477 e. The van der Waals surface area contributed by atoms with Crippen LogP contribution in [0.1, 0.15) is 29.8 Å². The summed E-state index contributed by atoms with van der Waals surface area (Å²) in [5.41, 5.74) is 0.0568. The predicted octanol–water partition coefficient (Wildman–Crippen LogP) is 2.22. The summed E-state index contributed by atoms with van der Waals surface area (Å²) in [7, 11) is 1.39. The van der Waals surface area contributed by atoms with Gasteiger partial charge in [0.2, 0.25) is 0 Å². The molecule has 0 spiro atoms. The van der Waals surface area contributed by atoms with Gasteiger partial charge in [0, 0.05) is 5.75 Å². The van der Waals surface area contributed by atoms with Crippen molar-refractivity contribution in [3.8, 4) is 0 Å². The number of hydrogen-bond acceptors (Lipinski definition) is 5. The molecule has 0 bridgehead atoms. The maximum Gasteiger partial charge on any atom is 0.354 e. The van der Waals surface area contributed by atoms with Crippen molar-refractivity contribution in [1.29, 1.82) is 0 Å². The fraction of sp³-hybridized carbons (Fsp3) is 0.462. The number of methoxy groups -OCH3 is 1.